The standard InChI is InChI=1S/C10H13FN2O3S/c11-9-6-8(2-3-10(9)13(14)15)7-17(16)5-1-4-12/h2-3,6H,1,4-5,7,12H2. The fraction of sp³-hybridized carbons (Fsp3) is 0.400. The summed E-state index contributed by atoms with van der Waals surface area (Å²) in [4.78, 5) is 9.60. The minimum atomic E-state index is -1.11. The number of halogens is 1. The summed E-state index contributed by atoms with van der Waals surface area (Å²) in [5.74, 6) is -0.257. The smallest absolute Gasteiger partial charge is 0.304 e. The van der Waals surface area contributed by atoms with Gasteiger partial charge in [-0.25, -0.2) is 0 Å². The Morgan fingerprint density at radius 3 is 2.71 bits per heavy atom. The van der Waals surface area contributed by atoms with Crippen molar-refractivity contribution in [2.75, 3.05) is 12.3 Å². The molecule has 17 heavy (non-hydrogen) atoms. The normalized spacial score (nSPS) is 12.4. The van der Waals surface area contributed by atoms with Gasteiger partial charge in [0.2, 0.25) is 5.82 Å². The zero-order valence-electron chi connectivity index (χ0n) is 9.10. The van der Waals surface area contributed by atoms with Crippen molar-refractivity contribution >= 4 is 16.5 Å². The SMILES string of the molecule is NCCCS(=O)Cc1ccc([N+](=O)[O-])c(F)c1. The number of nitro groups is 1. The molecule has 2 N–H and O–H groups in total. The van der Waals surface area contributed by atoms with Crippen molar-refractivity contribution in [2.45, 2.75) is 12.2 Å². The second kappa shape index (κ2) is 6.41. The van der Waals surface area contributed by atoms with E-state index in [1.54, 1.807) is 0 Å². The summed E-state index contributed by atoms with van der Waals surface area (Å²) >= 11 is 0. The van der Waals surface area contributed by atoms with Gasteiger partial charge < -0.3 is 5.73 Å². The van der Waals surface area contributed by atoms with Crippen LogP contribution in [0.3, 0.4) is 0 Å². The van der Waals surface area contributed by atoms with Crippen molar-refractivity contribution in [1.29, 1.82) is 0 Å². The van der Waals surface area contributed by atoms with Gasteiger partial charge in [-0.1, -0.05) is 6.07 Å². The van der Waals surface area contributed by atoms with E-state index in [-0.39, 0.29) is 5.75 Å². The van der Waals surface area contributed by atoms with Crippen LogP contribution in [-0.4, -0.2) is 21.4 Å². The van der Waals surface area contributed by atoms with Gasteiger partial charge in [0, 0.05) is 28.4 Å². The van der Waals surface area contributed by atoms with Crippen LogP contribution in [0.2, 0.25) is 0 Å². The van der Waals surface area contributed by atoms with Crippen molar-refractivity contribution in [3.05, 3.63) is 39.7 Å². The molecule has 0 aromatic heterocycles. The summed E-state index contributed by atoms with van der Waals surface area (Å²) in [5, 5.41) is 10.4. The first-order valence-corrected chi connectivity index (χ1v) is 6.51. The summed E-state index contributed by atoms with van der Waals surface area (Å²) in [6, 6.07) is 3.56. The van der Waals surface area contributed by atoms with E-state index in [9.17, 15) is 18.7 Å². The fourth-order valence-corrected chi connectivity index (χ4v) is 2.47. The number of benzene rings is 1. The van der Waals surface area contributed by atoms with Gasteiger partial charge in [-0.2, -0.15) is 4.39 Å². The Kier molecular flexibility index (Phi) is 5.17. The first kappa shape index (κ1) is 13.7. The Labute approximate surface area is 100 Å². The van der Waals surface area contributed by atoms with Crippen molar-refractivity contribution in [3.8, 4) is 0 Å². The number of nitrogens with zero attached hydrogens (tertiary/aromatic N) is 1. The molecule has 94 valence electrons. The van der Waals surface area contributed by atoms with E-state index in [2.05, 4.69) is 0 Å². The molecule has 0 saturated carbocycles. The zero-order chi connectivity index (χ0) is 12.8. The summed E-state index contributed by atoms with van der Waals surface area (Å²) < 4.78 is 24.7. The largest absolute Gasteiger partial charge is 0.330 e. The molecular weight excluding hydrogens is 247 g/mol. The highest BCUT2D eigenvalue weighted by Crippen LogP contribution is 2.18. The van der Waals surface area contributed by atoms with Crippen LogP contribution in [0.1, 0.15) is 12.0 Å². The van der Waals surface area contributed by atoms with Crippen LogP contribution < -0.4 is 5.73 Å². The third kappa shape index (κ3) is 4.20. The molecule has 0 amide bonds. The number of hydrogen-bond acceptors (Lipinski definition) is 4. The van der Waals surface area contributed by atoms with Crippen LogP contribution >= 0.6 is 0 Å². The molecule has 0 spiro atoms. The lowest BCUT2D eigenvalue weighted by atomic mass is 10.2. The molecule has 5 nitrogen and oxygen atoms in total. The molecule has 1 aromatic carbocycles. The summed E-state index contributed by atoms with van der Waals surface area (Å²) in [6.45, 7) is 0.459. The quantitative estimate of drug-likeness (QED) is 0.617. The third-order valence-electron chi connectivity index (χ3n) is 2.11. The van der Waals surface area contributed by atoms with Gasteiger partial charge in [0.05, 0.1) is 4.92 Å². The van der Waals surface area contributed by atoms with Crippen LogP contribution in [0.4, 0.5) is 10.1 Å². The molecule has 0 aliphatic carbocycles. The van der Waals surface area contributed by atoms with Gasteiger partial charge in [0.15, 0.2) is 0 Å². The molecule has 1 rings (SSSR count). The maximum atomic E-state index is 13.2. The Hall–Kier alpha value is -1.34. The number of nitrogens with two attached hydrogens (primary N) is 1. The van der Waals surface area contributed by atoms with E-state index >= 15 is 0 Å². The van der Waals surface area contributed by atoms with E-state index < -0.39 is 27.2 Å². The van der Waals surface area contributed by atoms with Gasteiger partial charge in [-0.3, -0.25) is 14.3 Å². The third-order valence-corrected chi connectivity index (χ3v) is 3.51. The second-order valence-corrected chi connectivity index (χ2v) is 5.05. The van der Waals surface area contributed by atoms with Gasteiger partial charge in [-0.05, 0) is 24.6 Å². The summed E-state index contributed by atoms with van der Waals surface area (Å²) in [6.07, 6.45) is 0.641. The number of nitro benzene ring substituents is 1. The van der Waals surface area contributed by atoms with Crippen LogP contribution in [0.15, 0.2) is 18.2 Å². The summed E-state index contributed by atoms with van der Waals surface area (Å²) in [5.41, 5.74) is 5.20. The fourth-order valence-electron chi connectivity index (χ4n) is 1.29. The predicted molar refractivity (Wildman–Crippen MR) is 63.4 cm³/mol. The van der Waals surface area contributed by atoms with E-state index in [1.165, 1.54) is 6.07 Å². The van der Waals surface area contributed by atoms with Gasteiger partial charge in [-0.15, -0.1) is 0 Å². The predicted octanol–water partition coefficient (Wildman–Crippen LogP) is 1.33. The molecule has 0 fully saturated rings. The second-order valence-electron chi connectivity index (χ2n) is 3.47. The molecule has 1 aromatic rings. The summed E-state index contributed by atoms with van der Waals surface area (Å²) in [7, 11) is -1.11. The minimum Gasteiger partial charge on any atom is -0.330 e. The molecule has 0 saturated heterocycles. The van der Waals surface area contributed by atoms with Crippen LogP contribution in [0.25, 0.3) is 0 Å². The number of rotatable bonds is 6. The van der Waals surface area contributed by atoms with Gasteiger partial charge in [0.1, 0.15) is 0 Å². The maximum Gasteiger partial charge on any atom is 0.304 e. The highest BCUT2D eigenvalue weighted by atomic mass is 32.2. The lowest BCUT2D eigenvalue weighted by molar-refractivity contribution is -0.387. The van der Waals surface area contributed by atoms with Crippen molar-refractivity contribution in [1.82, 2.24) is 0 Å². The molecule has 0 aliphatic heterocycles. The molecule has 1 unspecified atom stereocenters. The van der Waals surface area contributed by atoms with Crippen LogP contribution in [-0.2, 0) is 16.6 Å². The minimum absolute atomic E-state index is 0.189. The molecular formula is C10H13FN2O3S. The van der Waals surface area contributed by atoms with Crippen molar-refractivity contribution < 1.29 is 13.5 Å². The lowest BCUT2D eigenvalue weighted by Crippen LogP contribution is -2.07. The average molecular weight is 260 g/mol. The first-order chi connectivity index (χ1) is 8.04. The topological polar surface area (TPSA) is 86.2 Å². The Balaban J connectivity index is 2.70. The van der Waals surface area contributed by atoms with Crippen molar-refractivity contribution in [2.24, 2.45) is 5.73 Å². The van der Waals surface area contributed by atoms with Gasteiger partial charge in [0.25, 0.3) is 0 Å². The molecule has 0 bridgehead atoms. The van der Waals surface area contributed by atoms with Gasteiger partial charge >= 0.3 is 5.69 Å². The Morgan fingerprint density at radius 2 is 2.18 bits per heavy atom. The highest BCUT2D eigenvalue weighted by Gasteiger charge is 2.14. The molecule has 0 radical (unpaired) electrons. The van der Waals surface area contributed by atoms with E-state index in [1.807, 2.05) is 0 Å². The van der Waals surface area contributed by atoms with Crippen molar-refractivity contribution in [3.63, 3.8) is 0 Å². The molecule has 7 heteroatoms. The highest BCUT2D eigenvalue weighted by molar-refractivity contribution is 7.84. The Morgan fingerprint density at radius 1 is 1.47 bits per heavy atom. The van der Waals surface area contributed by atoms with E-state index in [4.69, 9.17) is 5.73 Å². The lowest BCUT2D eigenvalue weighted by Gasteiger charge is -2.02. The van der Waals surface area contributed by atoms with Crippen LogP contribution in [0, 0.1) is 15.9 Å². The van der Waals surface area contributed by atoms with Crippen LogP contribution in [0.5, 0.6) is 0 Å². The molecule has 0 heterocycles. The number of hydrogen-bond donors (Lipinski definition) is 1. The monoisotopic (exact) mass is 260 g/mol. The van der Waals surface area contributed by atoms with E-state index in [0.29, 0.717) is 24.3 Å². The Bertz CT molecular complexity index is 440. The average Bonchev–Trinajstić information content (AvgIpc) is 2.26. The maximum absolute atomic E-state index is 13.2. The molecule has 0 aliphatic rings. The van der Waals surface area contributed by atoms with E-state index in [0.717, 1.165) is 12.1 Å². The first-order valence-electron chi connectivity index (χ1n) is 5.02. The molecule has 1 atom stereocenters. The zero-order valence-corrected chi connectivity index (χ0v) is 9.91.